The third-order valence-electron chi connectivity index (χ3n) is 3.11. The zero-order chi connectivity index (χ0) is 18.5. The van der Waals surface area contributed by atoms with Crippen molar-refractivity contribution in [3.8, 4) is 0 Å². The Bertz CT molecular complexity index is 570. The van der Waals surface area contributed by atoms with Crippen LogP contribution in [0.3, 0.4) is 0 Å². The summed E-state index contributed by atoms with van der Waals surface area (Å²) in [5.41, 5.74) is 4.64. The quantitative estimate of drug-likeness (QED) is 0.664. The lowest BCUT2D eigenvalue weighted by atomic mass is 9.91. The van der Waals surface area contributed by atoms with Gasteiger partial charge in [-0.2, -0.15) is 26.3 Å². The zero-order valence-corrected chi connectivity index (χ0v) is 12.1. The second-order valence-electron chi connectivity index (χ2n) is 4.85. The molecule has 2 heterocycles. The highest BCUT2D eigenvalue weighted by molar-refractivity contribution is 5.73. The number of hydrogen-bond donors (Lipinski definition) is 3. The maximum atomic E-state index is 12.8. The predicted octanol–water partition coefficient (Wildman–Crippen LogP) is 2.18. The van der Waals surface area contributed by atoms with E-state index in [1.165, 1.54) is 0 Å². The van der Waals surface area contributed by atoms with Crippen LogP contribution in [0.15, 0.2) is 6.20 Å². The van der Waals surface area contributed by atoms with E-state index in [0.717, 1.165) is 6.20 Å². The van der Waals surface area contributed by atoms with Crippen LogP contribution in [0.25, 0.3) is 0 Å². The number of alkyl halides is 6. The topological polar surface area (TPSA) is 101 Å². The van der Waals surface area contributed by atoms with Crippen LogP contribution in [0, 0.1) is 0 Å². The van der Waals surface area contributed by atoms with Crippen molar-refractivity contribution in [2.45, 2.75) is 31.1 Å². The molecule has 1 aromatic rings. The van der Waals surface area contributed by atoms with Gasteiger partial charge in [0, 0.05) is 12.1 Å². The van der Waals surface area contributed by atoms with Crippen LogP contribution in [-0.2, 0) is 11.0 Å². The maximum Gasteiger partial charge on any atom is 0.490 e. The van der Waals surface area contributed by atoms with Crippen molar-refractivity contribution in [2.75, 3.05) is 18.8 Å². The van der Waals surface area contributed by atoms with Crippen molar-refractivity contribution in [1.29, 1.82) is 0 Å². The Balaban J connectivity index is 0.000000351. The van der Waals surface area contributed by atoms with Crippen LogP contribution in [0.1, 0.15) is 30.0 Å². The number of anilines is 1. The molecule has 4 N–H and O–H groups in total. The van der Waals surface area contributed by atoms with Gasteiger partial charge in [-0.25, -0.2) is 14.8 Å². The highest BCUT2D eigenvalue weighted by Crippen LogP contribution is 2.36. The molecule has 24 heavy (non-hydrogen) atoms. The molecule has 0 aliphatic carbocycles. The molecule has 1 aromatic heterocycles. The van der Waals surface area contributed by atoms with Crippen molar-refractivity contribution in [3.05, 3.63) is 17.5 Å². The number of nitrogen functional groups attached to an aromatic ring is 1. The maximum absolute atomic E-state index is 12.8. The number of carboxylic acid groups (broad SMARTS) is 1. The van der Waals surface area contributed by atoms with Crippen LogP contribution in [0.2, 0.25) is 0 Å². The van der Waals surface area contributed by atoms with Crippen LogP contribution in [0.4, 0.5) is 32.3 Å². The number of nitrogens with one attached hydrogen (secondary N) is 1. The second kappa shape index (κ2) is 7.64. The Morgan fingerprint density at radius 2 is 1.71 bits per heavy atom. The van der Waals surface area contributed by atoms with E-state index in [9.17, 15) is 26.3 Å². The number of nitrogens with two attached hydrogens (primary N) is 1. The van der Waals surface area contributed by atoms with E-state index in [-0.39, 0.29) is 17.6 Å². The first-order valence-electron chi connectivity index (χ1n) is 6.63. The van der Waals surface area contributed by atoms with Gasteiger partial charge in [0.15, 0.2) is 0 Å². The van der Waals surface area contributed by atoms with E-state index in [4.69, 9.17) is 15.6 Å². The molecule has 0 unspecified atom stereocenters. The summed E-state index contributed by atoms with van der Waals surface area (Å²) in [6.07, 6.45) is -7.45. The van der Waals surface area contributed by atoms with Gasteiger partial charge in [-0.05, 0) is 25.9 Å². The van der Waals surface area contributed by atoms with Gasteiger partial charge in [0.1, 0.15) is 0 Å². The molecule has 12 heteroatoms. The molecule has 1 saturated heterocycles. The number of halogens is 6. The average Bonchev–Trinajstić information content (AvgIpc) is 2.46. The van der Waals surface area contributed by atoms with Crippen LogP contribution in [0.5, 0.6) is 0 Å². The van der Waals surface area contributed by atoms with Gasteiger partial charge in [0.25, 0.3) is 0 Å². The van der Waals surface area contributed by atoms with Gasteiger partial charge in [-0.1, -0.05) is 0 Å². The highest BCUT2D eigenvalue weighted by atomic mass is 19.4. The van der Waals surface area contributed by atoms with Crippen molar-refractivity contribution >= 4 is 11.9 Å². The highest BCUT2D eigenvalue weighted by Gasteiger charge is 2.38. The van der Waals surface area contributed by atoms with E-state index >= 15 is 0 Å². The van der Waals surface area contributed by atoms with Crippen LogP contribution in [-0.4, -0.2) is 40.3 Å². The molecule has 0 radical (unpaired) electrons. The van der Waals surface area contributed by atoms with Crippen molar-refractivity contribution in [2.24, 2.45) is 0 Å². The fraction of sp³-hybridized carbons (Fsp3) is 0.583. The third-order valence-corrected chi connectivity index (χ3v) is 3.11. The van der Waals surface area contributed by atoms with Gasteiger partial charge >= 0.3 is 18.3 Å². The van der Waals surface area contributed by atoms with Crippen LogP contribution < -0.4 is 11.1 Å². The Labute approximate surface area is 132 Å². The predicted molar refractivity (Wildman–Crippen MR) is 70.0 cm³/mol. The molecule has 0 bridgehead atoms. The molecule has 6 nitrogen and oxygen atoms in total. The Kier molecular flexibility index (Phi) is 6.35. The number of rotatable bonds is 1. The summed E-state index contributed by atoms with van der Waals surface area (Å²) in [5, 5.41) is 10.2. The smallest absolute Gasteiger partial charge is 0.475 e. The van der Waals surface area contributed by atoms with Crippen LogP contribution >= 0.6 is 0 Å². The first-order valence-corrected chi connectivity index (χ1v) is 6.63. The molecular formula is C12H14F6N4O2. The Morgan fingerprint density at radius 1 is 1.21 bits per heavy atom. The minimum atomic E-state index is -5.08. The fourth-order valence-electron chi connectivity index (χ4n) is 2.03. The number of piperidine rings is 1. The van der Waals surface area contributed by atoms with Crippen molar-refractivity contribution < 1.29 is 36.2 Å². The van der Waals surface area contributed by atoms with Gasteiger partial charge in [0.05, 0.1) is 11.3 Å². The average molecular weight is 360 g/mol. The van der Waals surface area contributed by atoms with Crippen molar-refractivity contribution in [1.82, 2.24) is 15.3 Å². The summed E-state index contributed by atoms with van der Waals surface area (Å²) in [6.45, 7) is 1.40. The molecule has 2 rings (SSSR count). The summed E-state index contributed by atoms with van der Waals surface area (Å²) < 4.78 is 70.1. The third kappa shape index (κ3) is 5.83. The molecule has 136 valence electrons. The van der Waals surface area contributed by atoms with Gasteiger partial charge in [0.2, 0.25) is 5.95 Å². The summed E-state index contributed by atoms with van der Waals surface area (Å²) in [6, 6.07) is 0. The number of aromatic nitrogens is 2. The largest absolute Gasteiger partial charge is 0.490 e. The van der Waals surface area contributed by atoms with E-state index in [1.807, 2.05) is 0 Å². The summed E-state index contributed by atoms with van der Waals surface area (Å²) in [4.78, 5) is 16.1. The zero-order valence-electron chi connectivity index (χ0n) is 12.1. The molecule has 1 aliphatic heterocycles. The molecule has 0 spiro atoms. The lowest BCUT2D eigenvalue weighted by Crippen LogP contribution is -2.28. The number of carbonyl (C=O) groups is 1. The summed E-state index contributed by atoms with van der Waals surface area (Å²) in [5.74, 6) is -3.06. The van der Waals surface area contributed by atoms with Gasteiger partial charge in [-0.3, -0.25) is 0 Å². The second-order valence-corrected chi connectivity index (χ2v) is 4.85. The number of hydrogen-bond acceptors (Lipinski definition) is 5. The Hall–Kier alpha value is -2.11. The molecule has 0 amide bonds. The normalized spacial score (nSPS) is 16.2. The number of nitrogens with zero attached hydrogens (tertiary/aromatic N) is 2. The lowest BCUT2D eigenvalue weighted by Gasteiger charge is -2.24. The Morgan fingerprint density at radius 3 is 2.12 bits per heavy atom. The number of aliphatic carboxylic acids is 1. The molecule has 0 aromatic carbocycles. The fourth-order valence-corrected chi connectivity index (χ4v) is 2.03. The number of carboxylic acids is 1. The van der Waals surface area contributed by atoms with E-state index in [2.05, 4.69) is 15.3 Å². The minimum Gasteiger partial charge on any atom is -0.475 e. The first-order chi connectivity index (χ1) is 10.9. The minimum absolute atomic E-state index is 0.0338. The van der Waals surface area contributed by atoms with Gasteiger partial charge < -0.3 is 16.2 Å². The SMILES string of the molecule is Nc1ncc(C(F)(F)F)c(C2CCNCC2)n1.O=C(O)C(F)(F)F. The molecule has 1 aliphatic rings. The van der Waals surface area contributed by atoms with E-state index < -0.39 is 23.9 Å². The van der Waals surface area contributed by atoms with E-state index in [0.29, 0.717) is 25.9 Å². The summed E-state index contributed by atoms with van der Waals surface area (Å²) >= 11 is 0. The van der Waals surface area contributed by atoms with E-state index in [1.54, 1.807) is 0 Å². The molecular weight excluding hydrogens is 346 g/mol. The molecule has 0 atom stereocenters. The monoisotopic (exact) mass is 360 g/mol. The van der Waals surface area contributed by atoms with Gasteiger partial charge in [-0.15, -0.1) is 0 Å². The standard InChI is InChI=1S/C10H13F3N4.C2HF3O2/c11-10(12,13)7-5-16-9(14)17-8(7)6-1-3-15-4-2-6;3-2(4,5)1(6)7/h5-6,15H,1-4H2,(H2,14,16,17);(H,6,7). The molecule has 0 saturated carbocycles. The summed E-state index contributed by atoms with van der Waals surface area (Å²) in [7, 11) is 0. The lowest BCUT2D eigenvalue weighted by molar-refractivity contribution is -0.192. The van der Waals surface area contributed by atoms with Crippen molar-refractivity contribution in [3.63, 3.8) is 0 Å². The molecule has 1 fully saturated rings. The first kappa shape index (κ1) is 19.9.